The highest BCUT2D eigenvalue weighted by molar-refractivity contribution is 5.90. The lowest BCUT2D eigenvalue weighted by Gasteiger charge is -2.23. The Bertz CT molecular complexity index is 805. The normalized spacial score (nSPS) is 28.5. The molecule has 0 spiro atoms. The summed E-state index contributed by atoms with van der Waals surface area (Å²) in [5.74, 6) is 0.837. The standard InChI is InChI=1S/C19H23FN4O4/c1-11(25)21-6-13-8-24(19(26)28-13)12-3-4-18(17(20)5-12)23-9-15-14(7-22-27-2)16(15)10-23/h3-5,7,13-16H,6,8-10H2,1-2H3,(H,21,25)/t13-,14?,15?,16?/m0/s1. The SMILES string of the molecule is CON=CC1C2CN(c3ccc(N4C[C@H](CNC(C)=O)OC4=O)cc3F)CC12. The van der Waals surface area contributed by atoms with Gasteiger partial charge in [-0.25, -0.2) is 9.18 Å². The van der Waals surface area contributed by atoms with E-state index in [9.17, 15) is 14.0 Å². The smallest absolute Gasteiger partial charge is 0.414 e. The average Bonchev–Trinajstić information content (AvgIpc) is 2.98. The summed E-state index contributed by atoms with van der Waals surface area (Å²) >= 11 is 0. The molecular formula is C19H23FN4O4. The lowest BCUT2D eigenvalue weighted by Crippen LogP contribution is -2.33. The fourth-order valence-corrected chi connectivity index (χ4v) is 4.14. The van der Waals surface area contributed by atoms with Crippen molar-refractivity contribution in [2.24, 2.45) is 22.9 Å². The Morgan fingerprint density at radius 3 is 2.79 bits per heavy atom. The Morgan fingerprint density at radius 2 is 2.14 bits per heavy atom. The van der Waals surface area contributed by atoms with Crippen LogP contribution in [0, 0.1) is 23.6 Å². The fraction of sp³-hybridized carbons (Fsp3) is 0.526. The van der Waals surface area contributed by atoms with Gasteiger partial charge < -0.3 is 19.8 Å². The Labute approximate surface area is 162 Å². The van der Waals surface area contributed by atoms with Crippen molar-refractivity contribution in [1.82, 2.24) is 5.32 Å². The highest BCUT2D eigenvalue weighted by Crippen LogP contribution is 2.51. The maximum absolute atomic E-state index is 14.8. The Hall–Kier alpha value is -2.84. The van der Waals surface area contributed by atoms with Crippen LogP contribution in [0.25, 0.3) is 0 Å². The van der Waals surface area contributed by atoms with Gasteiger partial charge in [0.05, 0.1) is 24.5 Å². The number of hydrogen-bond donors (Lipinski definition) is 1. The minimum Gasteiger partial charge on any atom is -0.442 e. The topological polar surface area (TPSA) is 83.5 Å². The van der Waals surface area contributed by atoms with Gasteiger partial charge in [0.15, 0.2) is 0 Å². The first-order valence-electron chi connectivity index (χ1n) is 9.31. The highest BCUT2D eigenvalue weighted by atomic mass is 19.1. The van der Waals surface area contributed by atoms with Crippen LogP contribution in [-0.2, 0) is 14.4 Å². The first-order chi connectivity index (χ1) is 13.5. The predicted molar refractivity (Wildman–Crippen MR) is 101 cm³/mol. The number of benzene rings is 1. The largest absolute Gasteiger partial charge is 0.442 e. The molecule has 3 fully saturated rings. The molecule has 1 aromatic rings. The first-order valence-corrected chi connectivity index (χ1v) is 9.31. The second kappa shape index (κ2) is 7.29. The molecule has 2 heterocycles. The van der Waals surface area contributed by atoms with E-state index in [1.807, 2.05) is 11.1 Å². The maximum atomic E-state index is 14.8. The number of carbonyl (C=O) groups is 2. The van der Waals surface area contributed by atoms with E-state index in [1.54, 1.807) is 12.1 Å². The Kier molecular flexibility index (Phi) is 4.82. The number of nitrogens with zero attached hydrogens (tertiary/aromatic N) is 3. The van der Waals surface area contributed by atoms with Crippen LogP contribution >= 0.6 is 0 Å². The summed E-state index contributed by atoms with van der Waals surface area (Å²) in [6.07, 6.45) is 0.850. The molecule has 1 saturated carbocycles. The Balaban J connectivity index is 1.39. The van der Waals surface area contributed by atoms with E-state index in [-0.39, 0.29) is 24.8 Å². The van der Waals surface area contributed by atoms with Gasteiger partial charge in [-0.05, 0) is 30.0 Å². The monoisotopic (exact) mass is 390 g/mol. The molecule has 2 amide bonds. The van der Waals surface area contributed by atoms with Crippen LogP contribution in [0.4, 0.5) is 20.6 Å². The van der Waals surface area contributed by atoms with Gasteiger partial charge in [-0.3, -0.25) is 9.69 Å². The number of ether oxygens (including phenoxy) is 1. The zero-order valence-corrected chi connectivity index (χ0v) is 15.8. The van der Waals surface area contributed by atoms with Crippen LogP contribution < -0.4 is 15.1 Å². The number of hydrogen-bond acceptors (Lipinski definition) is 6. The summed E-state index contributed by atoms with van der Waals surface area (Å²) in [4.78, 5) is 31.2. The molecule has 4 rings (SSSR count). The van der Waals surface area contributed by atoms with Gasteiger partial charge in [-0.2, -0.15) is 0 Å². The van der Waals surface area contributed by atoms with E-state index in [0.717, 1.165) is 13.1 Å². The Morgan fingerprint density at radius 1 is 1.39 bits per heavy atom. The summed E-state index contributed by atoms with van der Waals surface area (Å²) in [6.45, 7) is 3.48. The van der Waals surface area contributed by atoms with E-state index in [0.29, 0.717) is 29.1 Å². The first kappa shape index (κ1) is 18.5. The number of halogens is 1. The minimum atomic E-state index is -0.537. The molecule has 2 saturated heterocycles. The molecule has 0 radical (unpaired) electrons. The average molecular weight is 390 g/mol. The lowest BCUT2D eigenvalue weighted by molar-refractivity contribution is -0.119. The molecule has 9 heteroatoms. The second-order valence-electron chi connectivity index (χ2n) is 7.44. The van der Waals surface area contributed by atoms with E-state index >= 15 is 0 Å². The summed E-state index contributed by atoms with van der Waals surface area (Å²) in [7, 11) is 1.52. The third-order valence-corrected chi connectivity index (χ3v) is 5.64. The lowest BCUT2D eigenvalue weighted by atomic mass is 10.2. The van der Waals surface area contributed by atoms with Crippen LogP contribution in [0.15, 0.2) is 23.4 Å². The van der Waals surface area contributed by atoms with Crippen molar-refractivity contribution >= 4 is 29.6 Å². The quantitative estimate of drug-likeness (QED) is 0.589. The molecule has 2 aliphatic heterocycles. The molecule has 1 aromatic carbocycles. The number of carbonyl (C=O) groups excluding carboxylic acids is 2. The van der Waals surface area contributed by atoms with Gasteiger partial charge in [-0.1, -0.05) is 5.16 Å². The van der Waals surface area contributed by atoms with Crippen molar-refractivity contribution in [2.75, 3.05) is 43.1 Å². The molecule has 150 valence electrons. The van der Waals surface area contributed by atoms with Crippen molar-refractivity contribution in [3.05, 3.63) is 24.0 Å². The number of cyclic esters (lactones) is 1. The van der Waals surface area contributed by atoms with E-state index in [2.05, 4.69) is 10.5 Å². The minimum absolute atomic E-state index is 0.190. The van der Waals surface area contributed by atoms with Gasteiger partial charge >= 0.3 is 6.09 Å². The molecule has 0 aromatic heterocycles. The van der Waals surface area contributed by atoms with Crippen LogP contribution in [0.5, 0.6) is 0 Å². The number of piperidine rings is 1. The van der Waals surface area contributed by atoms with Crippen molar-refractivity contribution in [1.29, 1.82) is 0 Å². The van der Waals surface area contributed by atoms with E-state index in [4.69, 9.17) is 9.57 Å². The fourth-order valence-electron chi connectivity index (χ4n) is 4.14. The molecular weight excluding hydrogens is 367 g/mol. The van der Waals surface area contributed by atoms with Gasteiger partial charge in [0.25, 0.3) is 0 Å². The number of fused-ring (bicyclic) bond motifs is 1. The van der Waals surface area contributed by atoms with Crippen molar-refractivity contribution < 1.29 is 23.6 Å². The van der Waals surface area contributed by atoms with Crippen LogP contribution in [-0.4, -0.2) is 57.6 Å². The van der Waals surface area contributed by atoms with Gasteiger partial charge in [0.1, 0.15) is 19.0 Å². The molecule has 2 unspecified atom stereocenters. The van der Waals surface area contributed by atoms with Crippen molar-refractivity contribution in [2.45, 2.75) is 13.0 Å². The molecule has 0 bridgehead atoms. The maximum Gasteiger partial charge on any atom is 0.414 e. The molecule has 3 aliphatic rings. The molecule has 3 atom stereocenters. The zero-order chi connectivity index (χ0) is 19.8. The van der Waals surface area contributed by atoms with E-state index < -0.39 is 12.2 Å². The number of oxime groups is 1. The predicted octanol–water partition coefficient (Wildman–Crippen LogP) is 1.60. The summed E-state index contributed by atoms with van der Waals surface area (Å²) in [5, 5.41) is 6.45. The summed E-state index contributed by atoms with van der Waals surface area (Å²) in [6, 6.07) is 4.81. The van der Waals surface area contributed by atoms with Crippen LogP contribution in [0.2, 0.25) is 0 Å². The summed E-state index contributed by atoms with van der Waals surface area (Å²) in [5.41, 5.74) is 0.992. The number of nitrogens with one attached hydrogen (secondary N) is 1. The molecule has 1 aliphatic carbocycles. The molecule has 28 heavy (non-hydrogen) atoms. The van der Waals surface area contributed by atoms with Gasteiger partial charge in [0.2, 0.25) is 5.91 Å². The summed E-state index contributed by atoms with van der Waals surface area (Å²) < 4.78 is 20.0. The van der Waals surface area contributed by atoms with Crippen LogP contribution in [0.1, 0.15) is 6.92 Å². The van der Waals surface area contributed by atoms with Gasteiger partial charge in [-0.15, -0.1) is 0 Å². The molecule has 8 nitrogen and oxygen atoms in total. The van der Waals surface area contributed by atoms with Crippen molar-refractivity contribution in [3.63, 3.8) is 0 Å². The van der Waals surface area contributed by atoms with E-state index in [1.165, 1.54) is 25.0 Å². The molecule has 1 N–H and O–H groups in total. The third kappa shape index (κ3) is 3.48. The highest BCUT2D eigenvalue weighted by Gasteiger charge is 2.55. The second-order valence-corrected chi connectivity index (χ2v) is 7.44. The number of anilines is 2. The van der Waals surface area contributed by atoms with Crippen molar-refractivity contribution in [3.8, 4) is 0 Å². The van der Waals surface area contributed by atoms with Gasteiger partial charge in [0, 0.05) is 32.1 Å². The number of amides is 2. The van der Waals surface area contributed by atoms with Crippen LogP contribution in [0.3, 0.4) is 0 Å². The third-order valence-electron chi connectivity index (χ3n) is 5.64. The zero-order valence-electron chi connectivity index (χ0n) is 15.8. The number of rotatable bonds is 6.